The van der Waals surface area contributed by atoms with E-state index in [2.05, 4.69) is 15.5 Å². The summed E-state index contributed by atoms with van der Waals surface area (Å²) in [6, 6.07) is 5.20. The summed E-state index contributed by atoms with van der Waals surface area (Å²) in [5.74, 6) is -0.156. The van der Waals surface area contributed by atoms with E-state index in [4.69, 9.17) is 11.6 Å². The van der Waals surface area contributed by atoms with Crippen molar-refractivity contribution in [3.05, 3.63) is 45.7 Å². The molecule has 0 atom stereocenters. The number of amides is 1. The van der Waals surface area contributed by atoms with E-state index in [9.17, 15) is 4.79 Å². The van der Waals surface area contributed by atoms with Gasteiger partial charge in [-0.1, -0.05) is 11.6 Å². The minimum Gasteiger partial charge on any atom is -0.319 e. The molecule has 5 heteroatoms. The smallest absolute Gasteiger partial charge is 0.256 e. The monoisotopic (exact) mass is 263 g/mol. The molecule has 0 unspecified atom stereocenters. The molecule has 1 amide bonds. The third-order valence-corrected chi connectivity index (χ3v) is 3.03. The molecule has 94 valence electrons. The van der Waals surface area contributed by atoms with Crippen molar-refractivity contribution in [2.24, 2.45) is 0 Å². The van der Waals surface area contributed by atoms with E-state index in [0.717, 1.165) is 22.6 Å². The molecule has 0 aliphatic rings. The molecule has 0 radical (unpaired) electrons. The molecule has 1 aromatic heterocycles. The summed E-state index contributed by atoms with van der Waals surface area (Å²) >= 11 is 5.87. The van der Waals surface area contributed by atoms with E-state index in [1.54, 1.807) is 18.2 Å². The van der Waals surface area contributed by atoms with Crippen LogP contribution in [0, 0.1) is 20.8 Å². The van der Waals surface area contributed by atoms with Crippen LogP contribution >= 0.6 is 11.6 Å². The summed E-state index contributed by atoms with van der Waals surface area (Å²) in [5, 5.41) is 10.4. The predicted molar refractivity (Wildman–Crippen MR) is 72.2 cm³/mol. The molecule has 0 spiro atoms. The number of halogens is 1. The first-order valence-electron chi connectivity index (χ1n) is 5.58. The van der Waals surface area contributed by atoms with E-state index in [-0.39, 0.29) is 5.91 Å². The Morgan fingerprint density at radius 1 is 1.33 bits per heavy atom. The standard InChI is InChI=1S/C13H14ClN3O/c1-7-6-10(14)4-5-11(7)13(18)15-12-8(2)16-17-9(12)3/h4-6H,1-3H3,(H,15,18)(H,16,17). The number of H-pyrrole nitrogens is 1. The van der Waals surface area contributed by atoms with Gasteiger partial charge < -0.3 is 5.32 Å². The average Bonchev–Trinajstić information content (AvgIpc) is 2.60. The molecule has 1 heterocycles. The van der Waals surface area contributed by atoms with E-state index in [1.807, 2.05) is 20.8 Å². The highest BCUT2D eigenvalue weighted by Gasteiger charge is 2.13. The van der Waals surface area contributed by atoms with Gasteiger partial charge in [0.15, 0.2) is 0 Å². The van der Waals surface area contributed by atoms with Gasteiger partial charge in [0.05, 0.1) is 17.1 Å². The van der Waals surface area contributed by atoms with Gasteiger partial charge in [0.25, 0.3) is 5.91 Å². The molecular formula is C13H14ClN3O. The lowest BCUT2D eigenvalue weighted by molar-refractivity contribution is 0.102. The van der Waals surface area contributed by atoms with Gasteiger partial charge in [-0.05, 0) is 44.5 Å². The second-order valence-corrected chi connectivity index (χ2v) is 4.66. The first-order chi connectivity index (χ1) is 8.49. The topological polar surface area (TPSA) is 57.8 Å². The molecule has 0 bridgehead atoms. The van der Waals surface area contributed by atoms with E-state index < -0.39 is 0 Å². The average molecular weight is 264 g/mol. The van der Waals surface area contributed by atoms with Crippen LogP contribution in [0.25, 0.3) is 0 Å². The van der Waals surface area contributed by atoms with Gasteiger partial charge >= 0.3 is 0 Å². The summed E-state index contributed by atoms with van der Waals surface area (Å²) in [4.78, 5) is 12.2. The number of anilines is 1. The minimum absolute atomic E-state index is 0.156. The lowest BCUT2D eigenvalue weighted by Gasteiger charge is -2.08. The maximum atomic E-state index is 12.2. The van der Waals surface area contributed by atoms with Gasteiger partial charge in [0.2, 0.25) is 0 Å². The molecular weight excluding hydrogens is 250 g/mol. The second-order valence-electron chi connectivity index (χ2n) is 4.22. The van der Waals surface area contributed by atoms with Crippen molar-refractivity contribution in [2.45, 2.75) is 20.8 Å². The largest absolute Gasteiger partial charge is 0.319 e. The number of nitrogens with zero attached hydrogens (tertiary/aromatic N) is 1. The summed E-state index contributed by atoms with van der Waals surface area (Å²) in [5.41, 5.74) is 3.80. The third kappa shape index (κ3) is 2.38. The predicted octanol–water partition coefficient (Wildman–Crippen LogP) is 3.24. The van der Waals surface area contributed by atoms with Crippen LogP contribution < -0.4 is 5.32 Å². The maximum Gasteiger partial charge on any atom is 0.256 e. The molecule has 0 saturated carbocycles. The van der Waals surface area contributed by atoms with Gasteiger partial charge in [0.1, 0.15) is 0 Å². The second kappa shape index (κ2) is 4.82. The van der Waals surface area contributed by atoms with Gasteiger partial charge in [0, 0.05) is 10.6 Å². The van der Waals surface area contributed by atoms with Crippen LogP contribution in [0.5, 0.6) is 0 Å². The number of aromatic nitrogens is 2. The highest BCUT2D eigenvalue weighted by molar-refractivity contribution is 6.30. The van der Waals surface area contributed by atoms with Gasteiger partial charge in [-0.15, -0.1) is 0 Å². The number of aryl methyl sites for hydroxylation is 3. The summed E-state index contributed by atoms with van der Waals surface area (Å²) in [6.45, 7) is 5.56. The van der Waals surface area contributed by atoms with Crippen molar-refractivity contribution < 1.29 is 4.79 Å². The summed E-state index contributed by atoms with van der Waals surface area (Å²) in [6.07, 6.45) is 0. The first kappa shape index (κ1) is 12.6. The van der Waals surface area contributed by atoms with E-state index in [1.165, 1.54) is 0 Å². The minimum atomic E-state index is -0.156. The lowest BCUT2D eigenvalue weighted by atomic mass is 10.1. The zero-order valence-corrected chi connectivity index (χ0v) is 11.2. The zero-order valence-electron chi connectivity index (χ0n) is 10.5. The Balaban J connectivity index is 2.28. The fourth-order valence-electron chi connectivity index (χ4n) is 1.80. The number of benzene rings is 1. The van der Waals surface area contributed by atoms with Crippen LogP contribution in [0.2, 0.25) is 5.02 Å². The van der Waals surface area contributed by atoms with Crippen LogP contribution in [-0.4, -0.2) is 16.1 Å². The Hall–Kier alpha value is -1.81. The fraction of sp³-hybridized carbons (Fsp3) is 0.231. The van der Waals surface area contributed by atoms with Crippen molar-refractivity contribution in [3.63, 3.8) is 0 Å². The Labute approximate surface area is 110 Å². The molecule has 1 aromatic carbocycles. The normalized spacial score (nSPS) is 10.4. The Morgan fingerprint density at radius 2 is 2.06 bits per heavy atom. The molecule has 18 heavy (non-hydrogen) atoms. The van der Waals surface area contributed by atoms with E-state index >= 15 is 0 Å². The Bertz CT molecular complexity index is 585. The maximum absolute atomic E-state index is 12.2. The Kier molecular flexibility index (Phi) is 3.39. The Morgan fingerprint density at radius 3 is 2.61 bits per heavy atom. The van der Waals surface area contributed by atoms with Crippen LogP contribution in [0.1, 0.15) is 27.3 Å². The van der Waals surface area contributed by atoms with Crippen molar-refractivity contribution >= 4 is 23.2 Å². The molecule has 2 aromatic rings. The number of carbonyl (C=O) groups is 1. The summed E-state index contributed by atoms with van der Waals surface area (Å²) in [7, 11) is 0. The number of rotatable bonds is 2. The van der Waals surface area contributed by atoms with Gasteiger partial charge in [-0.3, -0.25) is 9.89 Å². The van der Waals surface area contributed by atoms with Gasteiger partial charge in [-0.25, -0.2) is 0 Å². The molecule has 0 aliphatic heterocycles. The number of carbonyl (C=O) groups excluding carboxylic acids is 1. The fourth-order valence-corrected chi connectivity index (χ4v) is 2.02. The van der Waals surface area contributed by atoms with Crippen LogP contribution in [0.4, 0.5) is 5.69 Å². The third-order valence-electron chi connectivity index (χ3n) is 2.80. The number of nitrogens with one attached hydrogen (secondary N) is 2. The highest BCUT2D eigenvalue weighted by atomic mass is 35.5. The van der Waals surface area contributed by atoms with Crippen LogP contribution in [0.15, 0.2) is 18.2 Å². The number of hydrogen-bond donors (Lipinski definition) is 2. The molecule has 4 nitrogen and oxygen atoms in total. The van der Waals surface area contributed by atoms with E-state index in [0.29, 0.717) is 10.6 Å². The molecule has 0 fully saturated rings. The quantitative estimate of drug-likeness (QED) is 0.874. The summed E-state index contributed by atoms with van der Waals surface area (Å²) < 4.78 is 0. The highest BCUT2D eigenvalue weighted by Crippen LogP contribution is 2.20. The lowest BCUT2D eigenvalue weighted by Crippen LogP contribution is -2.14. The van der Waals surface area contributed by atoms with Gasteiger partial charge in [-0.2, -0.15) is 5.10 Å². The number of aromatic amines is 1. The number of hydrogen-bond acceptors (Lipinski definition) is 2. The first-order valence-corrected chi connectivity index (χ1v) is 5.96. The molecule has 0 aliphatic carbocycles. The van der Waals surface area contributed by atoms with Crippen LogP contribution in [0.3, 0.4) is 0 Å². The van der Waals surface area contributed by atoms with Crippen LogP contribution in [-0.2, 0) is 0 Å². The molecule has 2 N–H and O–H groups in total. The zero-order chi connectivity index (χ0) is 13.3. The SMILES string of the molecule is Cc1cc(Cl)ccc1C(=O)Nc1c(C)n[nH]c1C. The van der Waals surface area contributed by atoms with Crippen molar-refractivity contribution in [1.29, 1.82) is 0 Å². The molecule has 0 saturated heterocycles. The van der Waals surface area contributed by atoms with Crippen molar-refractivity contribution in [3.8, 4) is 0 Å². The van der Waals surface area contributed by atoms with Crippen molar-refractivity contribution in [2.75, 3.05) is 5.32 Å². The van der Waals surface area contributed by atoms with Crippen molar-refractivity contribution in [1.82, 2.24) is 10.2 Å². The molecule has 2 rings (SSSR count).